The lowest BCUT2D eigenvalue weighted by molar-refractivity contribution is 0.263. The summed E-state index contributed by atoms with van der Waals surface area (Å²) < 4.78 is 5.08. The van der Waals surface area contributed by atoms with Gasteiger partial charge in [0.1, 0.15) is 11.6 Å². The Kier molecular flexibility index (Phi) is 3.62. The van der Waals surface area contributed by atoms with Gasteiger partial charge in [-0.15, -0.1) is 0 Å². The van der Waals surface area contributed by atoms with E-state index in [1.54, 1.807) is 13.3 Å². The maximum Gasteiger partial charge on any atom is 0.137 e. The van der Waals surface area contributed by atoms with E-state index in [0.29, 0.717) is 6.04 Å². The van der Waals surface area contributed by atoms with Crippen LogP contribution in [0.5, 0.6) is 5.75 Å². The molecule has 0 amide bonds. The molecular formula is C12H19N3O. The highest BCUT2D eigenvalue weighted by Gasteiger charge is 2.16. The first-order chi connectivity index (χ1) is 7.78. The van der Waals surface area contributed by atoms with E-state index in [1.165, 1.54) is 12.8 Å². The van der Waals surface area contributed by atoms with Crippen molar-refractivity contribution in [2.24, 2.45) is 0 Å². The van der Waals surface area contributed by atoms with Crippen LogP contribution in [-0.4, -0.2) is 43.2 Å². The van der Waals surface area contributed by atoms with Crippen molar-refractivity contribution in [1.29, 1.82) is 0 Å². The number of hydrogen-bond donors (Lipinski definition) is 1. The number of piperidine rings is 1. The summed E-state index contributed by atoms with van der Waals surface area (Å²) in [6.45, 7) is 2.32. The van der Waals surface area contributed by atoms with Gasteiger partial charge in [0, 0.05) is 6.04 Å². The van der Waals surface area contributed by atoms with Crippen molar-refractivity contribution in [3.8, 4) is 5.75 Å². The summed E-state index contributed by atoms with van der Waals surface area (Å²) >= 11 is 0. The number of anilines is 1. The van der Waals surface area contributed by atoms with Gasteiger partial charge >= 0.3 is 0 Å². The summed E-state index contributed by atoms with van der Waals surface area (Å²) in [4.78, 5) is 6.67. The minimum atomic E-state index is 0.553. The molecule has 0 aliphatic carbocycles. The van der Waals surface area contributed by atoms with Crippen LogP contribution in [0.1, 0.15) is 12.8 Å². The Balaban J connectivity index is 1.88. The van der Waals surface area contributed by atoms with Gasteiger partial charge < -0.3 is 15.0 Å². The summed E-state index contributed by atoms with van der Waals surface area (Å²) in [6.07, 6.45) is 4.12. The number of rotatable bonds is 3. The molecule has 4 nitrogen and oxygen atoms in total. The van der Waals surface area contributed by atoms with Crippen molar-refractivity contribution in [2.45, 2.75) is 18.9 Å². The van der Waals surface area contributed by atoms with E-state index < -0.39 is 0 Å². The third-order valence-electron chi connectivity index (χ3n) is 3.04. The predicted molar refractivity (Wildman–Crippen MR) is 64.9 cm³/mol. The van der Waals surface area contributed by atoms with Gasteiger partial charge in [-0.25, -0.2) is 4.98 Å². The SMILES string of the molecule is COc1ccc(NC2CCN(C)CC2)nc1. The van der Waals surface area contributed by atoms with E-state index in [-0.39, 0.29) is 0 Å². The molecule has 0 aromatic carbocycles. The van der Waals surface area contributed by atoms with Gasteiger partial charge in [0.25, 0.3) is 0 Å². The van der Waals surface area contributed by atoms with Crippen LogP contribution in [-0.2, 0) is 0 Å². The highest BCUT2D eigenvalue weighted by Crippen LogP contribution is 2.16. The van der Waals surface area contributed by atoms with Crippen molar-refractivity contribution in [2.75, 3.05) is 32.6 Å². The molecule has 0 radical (unpaired) electrons. The third-order valence-corrected chi connectivity index (χ3v) is 3.04. The van der Waals surface area contributed by atoms with Gasteiger partial charge in [0.2, 0.25) is 0 Å². The Labute approximate surface area is 96.6 Å². The topological polar surface area (TPSA) is 37.4 Å². The smallest absolute Gasteiger partial charge is 0.137 e. The highest BCUT2D eigenvalue weighted by atomic mass is 16.5. The van der Waals surface area contributed by atoms with E-state index in [2.05, 4.69) is 22.2 Å². The Bertz CT molecular complexity index is 318. The van der Waals surface area contributed by atoms with E-state index in [1.807, 2.05) is 12.1 Å². The van der Waals surface area contributed by atoms with Crippen LogP contribution < -0.4 is 10.1 Å². The molecule has 1 aliphatic heterocycles. The zero-order valence-electron chi connectivity index (χ0n) is 9.94. The Morgan fingerprint density at radius 1 is 1.38 bits per heavy atom. The van der Waals surface area contributed by atoms with Gasteiger partial charge in [0.05, 0.1) is 13.3 Å². The maximum absolute atomic E-state index is 5.08. The molecule has 1 aliphatic rings. The first-order valence-electron chi connectivity index (χ1n) is 5.73. The van der Waals surface area contributed by atoms with Gasteiger partial charge in [0.15, 0.2) is 0 Å². The summed E-state index contributed by atoms with van der Waals surface area (Å²) in [5, 5.41) is 3.46. The Morgan fingerprint density at radius 3 is 2.69 bits per heavy atom. The molecule has 1 saturated heterocycles. The van der Waals surface area contributed by atoms with Crippen molar-refractivity contribution >= 4 is 5.82 Å². The number of nitrogens with one attached hydrogen (secondary N) is 1. The van der Waals surface area contributed by atoms with Crippen LogP contribution in [0.3, 0.4) is 0 Å². The monoisotopic (exact) mass is 221 g/mol. The van der Waals surface area contributed by atoms with Crippen LogP contribution in [0, 0.1) is 0 Å². The molecule has 2 rings (SSSR count). The summed E-state index contributed by atoms with van der Waals surface area (Å²) in [6, 6.07) is 4.46. The molecule has 1 N–H and O–H groups in total. The summed E-state index contributed by atoms with van der Waals surface area (Å²) in [5.74, 6) is 1.74. The van der Waals surface area contributed by atoms with Crippen LogP contribution >= 0.6 is 0 Å². The molecule has 1 fully saturated rings. The molecule has 1 aromatic heterocycles. The number of nitrogens with zero attached hydrogens (tertiary/aromatic N) is 2. The fourth-order valence-electron chi connectivity index (χ4n) is 1.95. The molecule has 0 atom stereocenters. The number of ether oxygens (including phenoxy) is 1. The number of aromatic nitrogens is 1. The average Bonchev–Trinajstić information content (AvgIpc) is 2.33. The number of hydrogen-bond acceptors (Lipinski definition) is 4. The number of likely N-dealkylation sites (tertiary alicyclic amines) is 1. The van der Waals surface area contributed by atoms with Crippen molar-refractivity contribution in [3.05, 3.63) is 18.3 Å². The molecule has 16 heavy (non-hydrogen) atoms. The molecule has 0 bridgehead atoms. The molecule has 0 spiro atoms. The Hall–Kier alpha value is -1.29. The number of methoxy groups -OCH3 is 1. The van der Waals surface area contributed by atoms with E-state index in [9.17, 15) is 0 Å². The van der Waals surface area contributed by atoms with Gasteiger partial charge in [-0.2, -0.15) is 0 Å². The second kappa shape index (κ2) is 5.16. The zero-order chi connectivity index (χ0) is 11.4. The molecule has 1 aromatic rings. The fourth-order valence-corrected chi connectivity index (χ4v) is 1.95. The van der Waals surface area contributed by atoms with E-state index in [4.69, 9.17) is 4.74 Å². The van der Waals surface area contributed by atoms with Gasteiger partial charge in [-0.3, -0.25) is 0 Å². The van der Waals surface area contributed by atoms with Crippen LogP contribution in [0.2, 0.25) is 0 Å². The van der Waals surface area contributed by atoms with Gasteiger partial charge in [-0.1, -0.05) is 0 Å². The first-order valence-corrected chi connectivity index (χ1v) is 5.73. The van der Waals surface area contributed by atoms with E-state index in [0.717, 1.165) is 24.7 Å². The van der Waals surface area contributed by atoms with Crippen LogP contribution in [0.15, 0.2) is 18.3 Å². The van der Waals surface area contributed by atoms with Crippen LogP contribution in [0.4, 0.5) is 5.82 Å². The second-order valence-corrected chi connectivity index (χ2v) is 4.31. The molecule has 4 heteroatoms. The minimum absolute atomic E-state index is 0.553. The van der Waals surface area contributed by atoms with Crippen molar-refractivity contribution < 1.29 is 4.74 Å². The molecule has 88 valence electrons. The van der Waals surface area contributed by atoms with Gasteiger partial charge in [-0.05, 0) is 45.1 Å². The molecule has 0 unspecified atom stereocenters. The lowest BCUT2D eigenvalue weighted by Crippen LogP contribution is -2.36. The zero-order valence-corrected chi connectivity index (χ0v) is 9.94. The normalized spacial score (nSPS) is 18.4. The predicted octanol–water partition coefficient (Wildman–Crippen LogP) is 1.60. The van der Waals surface area contributed by atoms with Crippen molar-refractivity contribution in [1.82, 2.24) is 9.88 Å². The largest absolute Gasteiger partial charge is 0.495 e. The maximum atomic E-state index is 5.08. The van der Waals surface area contributed by atoms with Crippen molar-refractivity contribution in [3.63, 3.8) is 0 Å². The third kappa shape index (κ3) is 2.85. The molecule has 0 saturated carbocycles. The van der Waals surface area contributed by atoms with E-state index >= 15 is 0 Å². The summed E-state index contributed by atoms with van der Waals surface area (Å²) in [5.41, 5.74) is 0. The lowest BCUT2D eigenvalue weighted by atomic mass is 10.1. The van der Waals surface area contributed by atoms with Crippen LogP contribution in [0.25, 0.3) is 0 Å². The standard InChI is InChI=1S/C12H19N3O/c1-15-7-5-10(6-8-15)14-12-4-3-11(16-2)9-13-12/h3-4,9-10H,5-8H2,1-2H3,(H,13,14). The minimum Gasteiger partial charge on any atom is -0.495 e. The second-order valence-electron chi connectivity index (χ2n) is 4.31. The fraction of sp³-hybridized carbons (Fsp3) is 0.583. The number of pyridine rings is 1. The Morgan fingerprint density at radius 2 is 2.12 bits per heavy atom. The molecule has 2 heterocycles. The summed E-state index contributed by atoms with van der Waals surface area (Å²) in [7, 11) is 3.82. The first kappa shape index (κ1) is 11.2. The average molecular weight is 221 g/mol. The molecular weight excluding hydrogens is 202 g/mol. The quantitative estimate of drug-likeness (QED) is 0.841. The lowest BCUT2D eigenvalue weighted by Gasteiger charge is -2.29. The highest BCUT2D eigenvalue weighted by molar-refractivity contribution is 5.38.